The van der Waals surface area contributed by atoms with Crippen LogP contribution < -0.4 is 0 Å². The van der Waals surface area contributed by atoms with E-state index >= 15 is 0 Å². The van der Waals surface area contributed by atoms with Crippen molar-refractivity contribution in [1.29, 1.82) is 0 Å². The minimum Gasteiger partial charge on any atom is -0.449 e. The van der Waals surface area contributed by atoms with Gasteiger partial charge in [-0.15, -0.1) is 0 Å². The van der Waals surface area contributed by atoms with E-state index in [2.05, 4.69) is 25.9 Å². The Labute approximate surface area is 245 Å². The average molecular weight is 567 g/mol. The standard InChI is InChI=1S/C33H50N4O4/c1-21(20-41-30(39)37-14-12-36(13-15-37)29(38)22-18-34-35(4)19-22)25-6-7-26-24-16-28(40-5)33-17-23(33)8-11-32(33,3)27(24)9-10-31(25,26)2/h18-19,21,23-28H,6-17,20H2,1-5H3/t21-,23-,24+,25-,26+,27+,28?,31-,32-,33+/m1/s1. The Morgan fingerprint density at radius 3 is 2.49 bits per heavy atom. The second-order valence-electron chi connectivity index (χ2n) is 15.2. The molecule has 2 amide bonds. The van der Waals surface area contributed by atoms with Crippen LogP contribution >= 0.6 is 0 Å². The van der Waals surface area contributed by atoms with Crippen molar-refractivity contribution in [3.63, 3.8) is 0 Å². The van der Waals surface area contributed by atoms with Crippen molar-refractivity contribution in [2.75, 3.05) is 39.9 Å². The number of amides is 2. The van der Waals surface area contributed by atoms with Crippen LogP contribution in [-0.4, -0.2) is 77.6 Å². The van der Waals surface area contributed by atoms with Crippen molar-refractivity contribution >= 4 is 12.0 Å². The predicted octanol–water partition coefficient (Wildman–Crippen LogP) is 5.23. The summed E-state index contributed by atoms with van der Waals surface area (Å²) in [5, 5.41) is 4.11. The van der Waals surface area contributed by atoms with Crippen molar-refractivity contribution in [1.82, 2.24) is 19.6 Å². The minimum absolute atomic E-state index is 0.0256. The SMILES string of the molecule is COC1C[C@H]2[C@@H]3CC[C@H]([C@H](C)COC(=O)N4CCN(C(=O)c5cnn(C)c5)CC4)[C@@]3(C)CC[C@@H]2[C@@]2(C)CC[C@@H]3C[C@@]132. The van der Waals surface area contributed by atoms with Crippen molar-refractivity contribution in [2.24, 2.45) is 58.8 Å². The van der Waals surface area contributed by atoms with Gasteiger partial charge >= 0.3 is 6.09 Å². The number of methoxy groups -OCH3 is 1. The fourth-order valence-electron chi connectivity index (χ4n) is 11.8. The quantitative estimate of drug-likeness (QED) is 0.488. The zero-order valence-electron chi connectivity index (χ0n) is 25.8. The van der Waals surface area contributed by atoms with E-state index < -0.39 is 0 Å². The minimum atomic E-state index is -0.234. The van der Waals surface area contributed by atoms with Gasteiger partial charge in [-0.3, -0.25) is 9.48 Å². The number of piperazine rings is 1. The van der Waals surface area contributed by atoms with Crippen LogP contribution in [0.2, 0.25) is 0 Å². The highest BCUT2D eigenvalue weighted by Crippen LogP contribution is 2.82. The molecular formula is C33H50N4O4. The van der Waals surface area contributed by atoms with Crippen LogP contribution in [0.5, 0.6) is 0 Å². The number of hydrogen-bond acceptors (Lipinski definition) is 5. The van der Waals surface area contributed by atoms with Crippen LogP contribution in [0, 0.1) is 51.8 Å². The van der Waals surface area contributed by atoms with Gasteiger partial charge in [0, 0.05) is 51.9 Å². The molecule has 1 unspecified atom stereocenters. The smallest absolute Gasteiger partial charge is 0.409 e. The maximum atomic E-state index is 13.0. The lowest BCUT2D eigenvalue weighted by Crippen LogP contribution is -2.57. The number of hydrogen-bond donors (Lipinski definition) is 0. The molecule has 226 valence electrons. The van der Waals surface area contributed by atoms with Gasteiger partial charge in [0.1, 0.15) is 0 Å². The Balaban J connectivity index is 0.949. The Morgan fingerprint density at radius 2 is 1.80 bits per heavy atom. The fourth-order valence-corrected chi connectivity index (χ4v) is 11.8. The van der Waals surface area contributed by atoms with E-state index in [0.29, 0.717) is 72.5 Å². The van der Waals surface area contributed by atoms with E-state index in [1.54, 1.807) is 26.9 Å². The highest BCUT2D eigenvalue weighted by atomic mass is 16.6. The lowest BCUT2D eigenvalue weighted by molar-refractivity contribution is -0.161. The summed E-state index contributed by atoms with van der Waals surface area (Å²) in [5.41, 5.74) is 1.86. The maximum Gasteiger partial charge on any atom is 0.409 e. The second kappa shape index (κ2) is 9.72. The van der Waals surface area contributed by atoms with Crippen molar-refractivity contribution < 1.29 is 19.1 Å². The summed E-state index contributed by atoms with van der Waals surface area (Å²) < 4.78 is 13.9. The molecule has 1 aromatic heterocycles. The number of carbonyl (C=O) groups excluding carboxylic acids is 2. The second-order valence-corrected chi connectivity index (χ2v) is 15.2. The monoisotopic (exact) mass is 566 g/mol. The summed E-state index contributed by atoms with van der Waals surface area (Å²) in [6.07, 6.45) is 14.3. The third kappa shape index (κ3) is 3.97. The van der Waals surface area contributed by atoms with Gasteiger partial charge in [0.2, 0.25) is 0 Å². The molecule has 10 atom stereocenters. The average Bonchev–Trinajstić information content (AvgIpc) is 3.20. The molecule has 5 aliphatic carbocycles. The van der Waals surface area contributed by atoms with Crippen LogP contribution in [-0.2, 0) is 16.5 Å². The largest absolute Gasteiger partial charge is 0.449 e. The summed E-state index contributed by atoms with van der Waals surface area (Å²) in [7, 11) is 3.78. The molecule has 8 nitrogen and oxygen atoms in total. The molecule has 1 aromatic rings. The van der Waals surface area contributed by atoms with Gasteiger partial charge in [-0.25, -0.2) is 4.79 Å². The first-order valence-corrected chi connectivity index (χ1v) is 16.3. The van der Waals surface area contributed by atoms with Gasteiger partial charge in [0.05, 0.1) is 24.5 Å². The third-order valence-corrected chi connectivity index (χ3v) is 13.8. The molecular weight excluding hydrogens is 516 g/mol. The number of rotatable bonds is 5. The Morgan fingerprint density at radius 1 is 1.05 bits per heavy atom. The number of aryl methyl sites for hydroxylation is 1. The van der Waals surface area contributed by atoms with Gasteiger partial charge in [-0.2, -0.15) is 5.10 Å². The summed E-state index contributed by atoms with van der Waals surface area (Å²) in [5.74, 6) is 4.23. The maximum absolute atomic E-state index is 13.0. The van der Waals surface area contributed by atoms with Gasteiger partial charge in [0.25, 0.3) is 5.91 Å². The van der Waals surface area contributed by atoms with Gasteiger partial charge < -0.3 is 19.3 Å². The van der Waals surface area contributed by atoms with Gasteiger partial charge in [-0.1, -0.05) is 20.8 Å². The Kier molecular flexibility index (Phi) is 6.57. The molecule has 8 heteroatoms. The van der Waals surface area contributed by atoms with Crippen LogP contribution in [0.4, 0.5) is 4.79 Å². The molecule has 7 rings (SSSR count). The summed E-state index contributed by atoms with van der Waals surface area (Å²) in [6.45, 7) is 10.1. The fraction of sp³-hybridized carbons (Fsp3) is 0.848. The van der Waals surface area contributed by atoms with E-state index in [4.69, 9.17) is 9.47 Å². The lowest BCUT2D eigenvalue weighted by Gasteiger charge is -2.61. The van der Waals surface area contributed by atoms with Crippen LogP contribution in [0.3, 0.4) is 0 Å². The number of aromatic nitrogens is 2. The molecule has 1 saturated heterocycles. The van der Waals surface area contributed by atoms with E-state index in [1.807, 2.05) is 14.2 Å². The first-order valence-electron chi connectivity index (χ1n) is 16.3. The summed E-state index contributed by atoms with van der Waals surface area (Å²) >= 11 is 0. The van der Waals surface area contributed by atoms with E-state index in [-0.39, 0.29) is 12.0 Å². The first kappa shape index (κ1) is 27.7. The molecule has 6 fully saturated rings. The zero-order chi connectivity index (χ0) is 28.7. The molecule has 5 saturated carbocycles. The first-order chi connectivity index (χ1) is 19.6. The normalized spacial score (nSPS) is 43.5. The molecule has 0 radical (unpaired) electrons. The summed E-state index contributed by atoms with van der Waals surface area (Å²) in [6, 6.07) is 0. The van der Waals surface area contributed by atoms with Crippen molar-refractivity contribution in [3.8, 4) is 0 Å². The van der Waals surface area contributed by atoms with Gasteiger partial charge in [0.15, 0.2) is 0 Å². The predicted molar refractivity (Wildman–Crippen MR) is 155 cm³/mol. The molecule has 1 spiro atoms. The number of ether oxygens (including phenoxy) is 2. The van der Waals surface area contributed by atoms with E-state index in [9.17, 15) is 9.59 Å². The number of fused-ring (bicyclic) bond motifs is 4. The highest BCUT2D eigenvalue weighted by Gasteiger charge is 2.77. The Bertz CT molecular complexity index is 1190. The molecule has 0 bridgehead atoms. The summed E-state index contributed by atoms with van der Waals surface area (Å²) in [4.78, 5) is 29.3. The van der Waals surface area contributed by atoms with Crippen molar-refractivity contribution in [3.05, 3.63) is 18.0 Å². The molecule has 1 aliphatic heterocycles. The highest BCUT2D eigenvalue weighted by molar-refractivity contribution is 5.93. The number of nitrogens with zero attached hydrogens (tertiary/aromatic N) is 4. The van der Waals surface area contributed by atoms with Crippen LogP contribution in [0.15, 0.2) is 12.4 Å². The van der Waals surface area contributed by atoms with Crippen LogP contribution in [0.25, 0.3) is 0 Å². The molecule has 0 aromatic carbocycles. The van der Waals surface area contributed by atoms with Gasteiger partial charge in [-0.05, 0) is 97.7 Å². The Hall–Kier alpha value is -2.09. The molecule has 2 heterocycles. The molecule has 0 N–H and O–H groups in total. The van der Waals surface area contributed by atoms with E-state index in [1.165, 1.54) is 51.4 Å². The zero-order valence-corrected chi connectivity index (χ0v) is 25.8. The van der Waals surface area contributed by atoms with Crippen molar-refractivity contribution in [2.45, 2.75) is 78.2 Å². The molecule has 6 aliphatic rings. The van der Waals surface area contributed by atoms with Crippen LogP contribution in [0.1, 0.15) is 82.5 Å². The van der Waals surface area contributed by atoms with E-state index in [0.717, 1.165) is 23.7 Å². The molecule has 41 heavy (non-hydrogen) atoms. The lowest BCUT2D eigenvalue weighted by atomic mass is 9.45. The third-order valence-electron chi connectivity index (χ3n) is 13.8. The number of carbonyl (C=O) groups is 2. The topological polar surface area (TPSA) is 76.9 Å².